The Morgan fingerprint density at radius 2 is 1.88 bits per heavy atom. The smallest absolute Gasteiger partial charge is 0.303 e. The van der Waals surface area contributed by atoms with Crippen LogP contribution in [0.3, 0.4) is 0 Å². The molecule has 0 aliphatic rings. The van der Waals surface area contributed by atoms with Crippen LogP contribution < -0.4 is 16.4 Å². The maximum absolute atomic E-state index is 11.2. The number of hydrogen-bond acceptors (Lipinski definition) is 4. The van der Waals surface area contributed by atoms with E-state index < -0.39 is 5.97 Å². The van der Waals surface area contributed by atoms with Gasteiger partial charge in [-0.05, 0) is 12.3 Å². The lowest BCUT2D eigenvalue weighted by Crippen LogP contribution is -2.40. The van der Waals surface area contributed by atoms with Crippen molar-refractivity contribution in [1.82, 2.24) is 10.6 Å². The van der Waals surface area contributed by atoms with Gasteiger partial charge in [0.05, 0.1) is 13.1 Å². The number of hydrogen-bond donors (Lipinski definition) is 4. The summed E-state index contributed by atoms with van der Waals surface area (Å²) in [5, 5.41) is 13.4. The molecule has 0 bridgehead atoms. The molecule has 0 spiro atoms. The van der Waals surface area contributed by atoms with Gasteiger partial charge < -0.3 is 21.5 Å². The van der Waals surface area contributed by atoms with Crippen LogP contribution in [0.5, 0.6) is 0 Å². The zero-order valence-corrected chi connectivity index (χ0v) is 9.86. The number of carbonyl (C=O) groups is 3. The van der Waals surface area contributed by atoms with E-state index in [1.54, 1.807) is 0 Å². The SMILES string of the molecule is CC(CCC(=O)O)CNC(=O)CNC(=O)CN. The first-order valence-electron chi connectivity index (χ1n) is 5.41. The van der Waals surface area contributed by atoms with E-state index in [-0.39, 0.29) is 37.2 Å². The lowest BCUT2D eigenvalue weighted by atomic mass is 10.1. The Labute approximate surface area is 99.7 Å². The summed E-state index contributed by atoms with van der Waals surface area (Å²) in [4.78, 5) is 32.3. The van der Waals surface area contributed by atoms with Crippen LogP contribution in [0.1, 0.15) is 19.8 Å². The Balaban J connectivity index is 3.62. The van der Waals surface area contributed by atoms with Gasteiger partial charge in [0, 0.05) is 13.0 Å². The highest BCUT2D eigenvalue weighted by Gasteiger charge is 2.08. The molecule has 0 heterocycles. The summed E-state index contributed by atoms with van der Waals surface area (Å²) in [5.74, 6) is -1.47. The standard InChI is InChI=1S/C10H19N3O4/c1-7(2-3-10(16)17)5-12-9(15)6-13-8(14)4-11/h7H,2-6,11H2,1H3,(H,12,15)(H,13,14)(H,16,17). The highest BCUT2D eigenvalue weighted by atomic mass is 16.4. The molecule has 0 radical (unpaired) electrons. The van der Waals surface area contributed by atoms with Gasteiger partial charge in [0.1, 0.15) is 0 Å². The van der Waals surface area contributed by atoms with Crippen LogP contribution in [0, 0.1) is 5.92 Å². The molecule has 1 atom stereocenters. The van der Waals surface area contributed by atoms with Crippen LogP contribution >= 0.6 is 0 Å². The molecule has 0 aromatic rings. The Morgan fingerprint density at radius 3 is 2.41 bits per heavy atom. The molecule has 5 N–H and O–H groups in total. The van der Waals surface area contributed by atoms with E-state index in [1.807, 2.05) is 6.92 Å². The molecule has 0 saturated heterocycles. The molecule has 0 aromatic carbocycles. The van der Waals surface area contributed by atoms with Crippen molar-refractivity contribution in [2.24, 2.45) is 11.7 Å². The van der Waals surface area contributed by atoms with Gasteiger partial charge in [-0.2, -0.15) is 0 Å². The number of nitrogens with one attached hydrogen (secondary N) is 2. The second-order valence-electron chi connectivity index (χ2n) is 3.82. The minimum atomic E-state index is -0.849. The normalized spacial score (nSPS) is 11.6. The van der Waals surface area contributed by atoms with E-state index >= 15 is 0 Å². The lowest BCUT2D eigenvalue weighted by molar-refractivity contribution is -0.137. The molecule has 7 nitrogen and oxygen atoms in total. The largest absolute Gasteiger partial charge is 0.481 e. The van der Waals surface area contributed by atoms with Crippen molar-refractivity contribution < 1.29 is 19.5 Å². The molecule has 17 heavy (non-hydrogen) atoms. The zero-order valence-electron chi connectivity index (χ0n) is 9.86. The van der Waals surface area contributed by atoms with Crippen molar-refractivity contribution in [3.63, 3.8) is 0 Å². The maximum Gasteiger partial charge on any atom is 0.303 e. The Kier molecular flexibility index (Phi) is 7.70. The monoisotopic (exact) mass is 245 g/mol. The third-order valence-corrected chi connectivity index (χ3v) is 2.13. The summed E-state index contributed by atoms with van der Waals surface area (Å²) in [7, 11) is 0. The lowest BCUT2D eigenvalue weighted by Gasteiger charge is -2.11. The number of carboxylic acid groups (broad SMARTS) is 1. The Bertz CT molecular complexity index is 281. The molecule has 1 unspecified atom stereocenters. The minimum Gasteiger partial charge on any atom is -0.481 e. The van der Waals surface area contributed by atoms with Gasteiger partial charge in [-0.15, -0.1) is 0 Å². The average Bonchev–Trinajstić information content (AvgIpc) is 2.30. The van der Waals surface area contributed by atoms with Crippen LogP contribution in [0.25, 0.3) is 0 Å². The van der Waals surface area contributed by atoms with Gasteiger partial charge >= 0.3 is 5.97 Å². The van der Waals surface area contributed by atoms with Crippen molar-refractivity contribution in [2.75, 3.05) is 19.6 Å². The van der Waals surface area contributed by atoms with E-state index in [0.29, 0.717) is 13.0 Å². The average molecular weight is 245 g/mol. The third kappa shape index (κ3) is 9.31. The molecule has 0 rings (SSSR count). The Morgan fingerprint density at radius 1 is 1.24 bits per heavy atom. The van der Waals surface area contributed by atoms with Crippen LogP contribution in [0.15, 0.2) is 0 Å². The van der Waals surface area contributed by atoms with Crippen LogP contribution in [0.2, 0.25) is 0 Å². The first-order chi connectivity index (χ1) is 7.95. The molecule has 7 heteroatoms. The topological polar surface area (TPSA) is 122 Å². The van der Waals surface area contributed by atoms with Crippen molar-refractivity contribution >= 4 is 17.8 Å². The molecule has 0 saturated carbocycles. The third-order valence-electron chi connectivity index (χ3n) is 2.13. The van der Waals surface area contributed by atoms with Gasteiger partial charge in [-0.3, -0.25) is 14.4 Å². The maximum atomic E-state index is 11.2. The summed E-state index contributed by atoms with van der Waals surface area (Å²) >= 11 is 0. The van der Waals surface area contributed by atoms with Crippen LogP contribution in [0.4, 0.5) is 0 Å². The predicted octanol–water partition coefficient (Wildman–Crippen LogP) is -1.32. The van der Waals surface area contributed by atoms with Crippen LogP contribution in [-0.4, -0.2) is 42.5 Å². The highest BCUT2D eigenvalue weighted by Crippen LogP contribution is 2.03. The number of rotatable bonds is 8. The first kappa shape index (κ1) is 15.4. The fourth-order valence-electron chi connectivity index (χ4n) is 1.07. The highest BCUT2D eigenvalue weighted by molar-refractivity contribution is 5.85. The van der Waals surface area contributed by atoms with Gasteiger partial charge in [0.25, 0.3) is 0 Å². The molecule has 98 valence electrons. The summed E-state index contributed by atoms with van der Waals surface area (Å²) in [6, 6.07) is 0. The summed E-state index contributed by atoms with van der Waals surface area (Å²) in [6.07, 6.45) is 0.589. The van der Waals surface area contributed by atoms with Crippen LogP contribution in [-0.2, 0) is 14.4 Å². The molecule has 0 aliphatic carbocycles. The molecular weight excluding hydrogens is 226 g/mol. The predicted molar refractivity (Wildman–Crippen MR) is 61.1 cm³/mol. The van der Waals surface area contributed by atoms with E-state index in [2.05, 4.69) is 10.6 Å². The number of nitrogens with two attached hydrogens (primary N) is 1. The zero-order chi connectivity index (χ0) is 13.3. The first-order valence-corrected chi connectivity index (χ1v) is 5.41. The number of carbonyl (C=O) groups excluding carboxylic acids is 2. The summed E-state index contributed by atoms with van der Waals surface area (Å²) in [5.41, 5.74) is 5.05. The van der Waals surface area contributed by atoms with Crippen molar-refractivity contribution in [1.29, 1.82) is 0 Å². The van der Waals surface area contributed by atoms with Gasteiger partial charge in [0.15, 0.2) is 0 Å². The summed E-state index contributed by atoms with van der Waals surface area (Å²) in [6.45, 7) is 1.98. The van der Waals surface area contributed by atoms with E-state index in [1.165, 1.54) is 0 Å². The number of amides is 2. The molecule has 0 aromatic heterocycles. The number of carboxylic acids is 1. The molecule has 0 aliphatic heterocycles. The number of aliphatic carboxylic acids is 1. The Hall–Kier alpha value is -1.63. The summed E-state index contributed by atoms with van der Waals surface area (Å²) < 4.78 is 0. The molecular formula is C10H19N3O4. The molecule has 0 fully saturated rings. The van der Waals surface area contributed by atoms with E-state index in [9.17, 15) is 14.4 Å². The second-order valence-corrected chi connectivity index (χ2v) is 3.82. The van der Waals surface area contributed by atoms with Gasteiger partial charge in [0.2, 0.25) is 11.8 Å². The quantitative estimate of drug-likeness (QED) is 0.422. The van der Waals surface area contributed by atoms with Crippen molar-refractivity contribution in [2.45, 2.75) is 19.8 Å². The van der Waals surface area contributed by atoms with E-state index in [0.717, 1.165) is 0 Å². The van der Waals surface area contributed by atoms with E-state index in [4.69, 9.17) is 10.8 Å². The molecule has 2 amide bonds. The minimum absolute atomic E-state index is 0.0836. The second kappa shape index (κ2) is 8.51. The van der Waals surface area contributed by atoms with Gasteiger partial charge in [-0.25, -0.2) is 0 Å². The fourth-order valence-corrected chi connectivity index (χ4v) is 1.07. The van der Waals surface area contributed by atoms with Crippen molar-refractivity contribution in [3.05, 3.63) is 0 Å². The van der Waals surface area contributed by atoms with Gasteiger partial charge in [-0.1, -0.05) is 6.92 Å². The fraction of sp³-hybridized carbons (Fsp3) is 0.700. The van der Waals surface area contributed by atoms with Crippen molar-refractivity contribution in [3.8, 4) is 0 Å².